The number of hydrogen-bond donors (Lipinski definition) is 1. The summed E-state index contributed by atoms with van der Waals surface area (Å²) in [6, 6.07) is 13.9. The second-order valence-corrected chi connectivity index (χ2v) is 5.90. The largest absolute Gasteiger partial charge is 0.378 e. The highest BCUT2D eigenvalue weighted by atomic mass is 16.6. The van der Waals surface area contributed by atoms with Crippen LogP contribution < -0.4 is 15.3 Å². The molecule has 8 heteroatoms. The number of morpholine rings is 1. The predicted molar refractivity (Wildman–Crippen MR) is 98.4 cm³/mol. The van der Waals surface area contributed by atoms with E-state index in [1.807, 2.05) is 35.2 Å². The molecule has 0 spiro atoms. The minimum atomic E-state index is -0.456. The van der Waals surface area contributed by atoms with E-state index in [4.69, 9.17) is 4.74 Å². The SMILES string of the molecule is CN(NC(=O)c1ccc(N2CCOCC2)c([N+](=O)[O-])c1)c1ccccc1. The van der Waals surface area contributed by atoms with Crippen LogP contribution >= 0.6 is 0 Å². The van der Waals surface area contributed by atoms with Gasteiger partial charge >= 0.3 is 0 Å². The Bertz CT molecular complexity index is 791. The smallest absolute Gasteiger partial charge is 0.293 e. The van der Waals surface area contributed by atoms with Crippen LogP contribution in [-0.2, 0) is 4.74 Å². The average Bonchev–Trinajstić information content (AvgIpc) is 2.68. The molecule has 1 saturated heterocycles. The number of hydrazine groups is 1. The Labute approximate surface area is 151 Å². The number of ether oxygens (including phenoxy) is 1. The molecule has 1 aliphatic rings. The van der Waals surface area contributed by atoms with E-state index in [1.54, 1.807) is 24.2 Å². The lowest BCUT2D eigenvalue weighted by Gasteiger charge is -2.28. The van der Waals surface area contributed by atoms with Crippen molar-refractivity contribution in [2.45, 2.75) is 0 Å². The molecule has 1 amide bonds. The molecule has 1 N–H and O–H groups in total. The highest BCUT2D eigenvalue weighted by Crippen LogP contribution is 2.30. The minimum Gasteiger partial charge on any atom is -0.378 e. The summed E-state index contributed by atoms with van der Waals surface area (Å²) >= 11 is 0. The van der Waals surface area contributed by atoms with E-state index >= 15 is 0 Å². The molecule has 1 heterocycles. The Kier molecular flexibility index (Phi) is 5.33. The fraction of sp³-hybridized carbons (Fsp3) is 0.278. The van der Waals surface area contributed by atoms with Crippen LogP contribution in [0.25, 0.3) is 0 Å². The zero-order valence-corrected chi connectivity index (χ0v) is 14.4. The number of nitrogens with zero attached hydrogens (tertiary/aromatic N) is 3. The summed E-state index contributed by atoms with van der Waals surface area (Å²) in [7, 11) is 1.71. The first-order chi connectivity index (χ1) is 12.6. The number of hydrogen-bond acceptors (Lipinski definition) is 6. The molecule has 0 aliphatic carbocycles. The van der Waals surface area contributed by atoms with Gasteiger partial charge in [-0.25, -0.2) is 0 Å². The molecule has 1 fully saturated rings. The third-order valence-electron chi connectivity index (χ3n) is 4.20. The van der Waals surface area contributed by atoms with E-state index in [1.165, 1.54) is 6.07 Å². The van der Waals surface area contributed by atoms with E-state index in [2.05, 4.69) is 5.43 Å². The van der Waals surface area contributed by atoms with E-state index in [0.717, 1.165) is 5.69 Å². The van der Waals surface area contributed by atoms with E-state index in [0.29, 0.717) is 32.0 Å². The van der Waals surface area contributed by atoms with Gasteiger partial charge in [-0.2, -0.15) is 0 Å². The normalized spacial score (nSPS) is 14.0. The van der Waals surface area contributed by atoms with Gasteiger partial charge in [0, 0.05) is 31.8 Å². The molecular formula is C18H20N4O4. The molecule has 3 rings (SSSR count). The molecule has 26 heavy (non-hydrogen) atoms. The number of anilines is 2. The van der Waals surface area contributed by atoms with Crippen LogP contribution in [0.1, 0.15) is 10.4 Å². The van der Waals surface area contributed by atoms with Crippen LogP contribution in [0, 0.1) is 10.1 Å². The lowest BCUT2D eigenvalue weighted by Crippen LogP contribution is -2.39. The Hall–Kier alpha value is -3.13. The second-order valence-electron chi connectivity index (χ2n) is 5.90. The lowest BCUT2D eigenvalue weighted by atomic mass is 10.1. The number of amides is 1. The molecule has 0 unspecified atom stereocenters. The van der Waals surface area contributed by atoms with Gasteiger partial charge in [-0.3, -0.25) is 25.3 Å². The Morgan fingerprint density at radius 2 is 1.88 bits per heavy atom. The molecule has 0 aromatic heterocycles. The van der Waals surface area contributed by atoms with Crippen molar-refractivity contribution in [3.63, 3.8) is 0 Å². The summed E-state index contributed by atoms with van der Waals surface area (Å²) in [5, 5.41) is 13.1. The summed E-state index contributed by atoms with van der Waals surface area (Å²) < 4.78 is 5.29. The number of para-hydroxylation sites is 1. The number of nitrogens with one attached hydrogen (secondary N) is 1. The van der Waals surface area contributed by atoms with E-state index in [-0.39, 0.29) is 11.3 Å². The van der Waals surface area contributed by atoms with Crippen LogP contribution in [0.5, 0.6) is 0 Å². The number of carbonyl (C=O) groups excluding carboxylic acids is 1. The van der Waals surface area contributed by atoms with Gasteiger partial charge in [0.2, 0.25) is 0 Å². The van der Waals surface area contributed by atoms with Crippen molar-refractivity contribution in [3.05, 3.63) is 64.2 Å². The summed E-state index contributed by atoms with van der Waals surface area (Å²) in [5.74, 6) is -0.409. The van der Waals surface area contributed by atoms with Crippen molar-refractivity contribution in [1.82, 2.24) is 5.43 Å². The summed E-state index contributed by atoms with van der Waals surface area (Å²) in [4.78, 5) is 25.4. The fourth-order valence-corrected chi connectivity index (χ4v) is 2.82. The number of rotatable bonds is 5. The molecule has 0 atom stereocenters. The first-order valence-electron chi connectivity index (χ1n) is 8.27. The zero-order valence-electron chi connectivity index (χ0n) is 14.4. The first-order valence-corrected chi connectivity index (χ1v) is 8.27. The topological polar surface area (TPSA) is 88.0 Å². The molecule has 0 radical (unpaired) electrons. The van der Waals surface area contributed by atoms with Crippen molar-refractivity contribution < 1.29 is 14.5 Å². The molecule has 0 saturated carbocycles. The van der Waals surface area contributed by atoms with Gasteiger partial charge < -0.3 is 9.64 Å². The van der Waals surface area contributed by atoms with Gasteiger partial charge in [-0.15, -0.1) is 0 Å². The van der Waals surface area contributed by atoms with Crippen molar-refractivity contribution >= 4 is 23.0 Å². The highest BCUT2D eigenvalue weighted by Gasteiger charge is 2.23. The number of benzene rings is 2. The molecule has 2 aromatic carbocycles. The van der Waals surface area contributed by atoms with Crippen molar-refractivity contribution in [2.24, 2.45) is 0 Å². The van der Waals surface area contributed by atoms with Gasteiger partial charge in [0.05, 0.1) is 23.8 Å². The molecular weight excluding hydrogens is 336 g/mol. The third-order valence-corrected chi connectivity index (χ3v) is 4.20. The summed E-state index contributed by atoms with van der Waals surface area (Å²) in [6.45, 7) is 2.23. The molecule has 136 valence electrons. The zero-order chi connectivity index (χ0) is 18.5. The quantitative estimate of drug-likeness (QED) is 0.653. The lowest BCUT2D eigenvalue weighted by molar-refractivity contribution is -0.384. The van der Waals surface area contributed by atoms with Gasteiger partial charge in [0.15, 0.2) is 0 Å². The number of nitro benzene ring substituents is 1. The van der Waals surface area contributed by atoms with Gasteiger partial charge in [-0.1, -0.05) is 18.2 Å². The maximum absolute atomic E-state index is 12.5. The average molecular weight is 356 g/mol. The van der Waals surface area contributed by atoms with Crippen molar-refractivity contribution in [3.8, 4) is 0 Å². The van der Waals surface area contributed by atoms with Gasteiger partial charge in [0.1, 0.15) is 5.69 Å². The molecule has 8 nitrogen and oxygen atoms in total. The van der Waals surface area contributed by atoms with Crippen LogP contribution in [0.15, 0.2) is 48.5 Å². The van der Waals surface area contributed by atoms with Crippen molar-refractivity contribution in [1.29, 1.82) is 0 Å². The van der Waals surface area contributed by atoms with Crippen LogP contribution in [0.3, 0.4) is 0 Å². The summed E-state index contributed by atoms with van der Waals surface area (Å²) in [6.07, 6.45) is 0. The molecule has 2 aromatic rings. The Morgan fingerprint density at radius 3 is 2.54 bits per heavy atom. The van der Waals surface area contributed by atoms with Crippen molar-refractivity contribution in [2.75, 3.05) is 43.3 Å². The highest BCUT2D eigenvalue weighted by molar-refractivity contribution is 5.96. The van der Waals surface area contributed by atoms with Crippen LogP contribution in [-0.4, -0.2) is 44.2 Å². The fourth-order valence-electron chi connectivity index (χ4n) is 2.82. The number of nitro groups is 1. The summed E-state index contributed by atoms with van der Waals surface area (Å²) in [5.41, 5.74) is 4.18. The molecule has 0 bridgehead atoms. The van der Waals surface area contributed by atoms with E-state index < -0.39 is 10.8 Å². The number of carbonyl (C=O) groups is 1. The first kappa shape index (κ1) is 17.7. The second kappa shape index (κ2) is 7.83. The Balaban J connectivity index is 1.80. The van der Waals surface area contributed by atoms with E-state index in [9.17, 15) is 14.9 Å². The maximum atomic E-state index is 12.5. The van der Waals surface area contributed by atoms with Crippen LogP contribution in [0.4, 0.5) is 17.1 Å². The monoisotopic (exact) mass is 356 g/mol. The maximum Gasteiger partial charge on any atom is 0.293 e. The standard InChI is InChI=1S/C18H20N4O4/c1-20(15-5-3-2-4-6-15)19-18(23)14-7-8-16(17(13-14)22(24)25)21-9-11-26-12-10-21/h2-8,13H,9-12H2,1H3,(H,19,23). The third kappa shape index (κ3) is 3.92. The van der Waals surface area contributed by atoms with Gasteiger partial charge in [0.25, 0.3) is 11.6 Å². The Morgan fingerprint density at radius 1 is 1.19 bits per heavy atom. The minimum absolute atomic E-state index is 0.0816. The van der Waals surface area contributed by atoms with Crippen LogP contribution in [0.2, 0.25) is 0 Å². The molecule has 1 aliphatic heterocycles. The van der Waals surface area contributed by atoms with Gasteiger partial charge in [-0.05, 0) is 24.3 Å². The predicted octanol–water partition coefficient (Wildman–Crippen LogP) is 2.21.